The highest BCUT2D eigenvalue weighted by Gasteiger charge is 2.55. The van der Waals surface area contributed by atoms with E-state index >= 15 is 0 Å². The first-order valence-electron chi connectivity index (χ1n) is 11.1. The summed E-state index contributed by atoms with van der Waals surface area (Å²) in [5.74, 6) is 9.37. The van der Waals surface area contributed by atoms with Gasteiger partial charge in [-0.25, -0.2) is 4.98 Å². The largest absolute Gasteiger partial charge is 0.385 e. The molecule has 1 amide bonds. The van der Waals surface area contributed by atoms with Gasteiger partial charge < -0.3 is 23.8 Å². The first-order chi connectivity index (χ1) is 16.0. The van der Waals surface area contributed by atoms with Gasteiger partial charge in [-0.2, -0.15) is 0 Å². The summed E-state index contributed by atoms with van der Waals surface area (Å²) < 4.78 is 12.3. The van der Waals surface area contributed by atoms with E-state index in [1.807, 2.05) is 46.0 Å². The molecule has 170 valence electrons. The number of aliphatic hydroxyl groups excluding tert-OH is 1. The van der Waals surface area contributed by atoms with Crippen LogP contribution in [0.25, 0.3) is 11.3 Å². The summed E-state index contributed by atoms with van der Waals surface area (Å²) in [6.07, 6.45) is 2.83. The summed E-state index contributed by atoms with van der Waals surface area (Å²) in [6, 6.07) is 9.82. The molecule has 2 aromatic heterocycles. The van der Waals surface area contributed by atoms with Crippen LogP contribution in [0.2, 0.25) is 0 Å². The number of rotatable bonds is 6. The Kier molecular flexibility index (Phi) is 5.75. The Balaban J connectivity index is 1.18. The topological polar surface area (TPSA) is 93.6 Å². The molecular weight excluding hydrogens is 420 g/mol. The van der Waals surface area contributed by atoms with Crippen LogP contribution < -0.4 is 0 Å². The van der Waals surface area contributed by atoms with Gasteiger partial charge in [-0.1, -0.05) is 17.0 Å². The number of aliphatic hydroxyl groups is 1. The molecule has 1 unspecified atom stereocenters. The van der Waals surface area contributed by atoms with Crippen molar-refractivity contribution < 1.29 is 19.2 Å². The average molecular weight is 447 g/mol. The molecule has 5 rings (SSSR count). The molecule has 0 radical (unpaired) electrons. The summed E-state index contributed by atoms with van der Waals surface area (Å²) in [4.78, 5) is 18.0. The van der Waals surface area contributed by atoms with Gasteiger partial charge in [0.1, 0.15) is 24.2 Å². The summed E-state index contributed by atoms with van der Waals surface area (Å²) in [6.45, 7) is 3.89. The van der Waals surface area contributed by atoms with Crippen LogP contribution in [0.15, 0.2) is 47.2 Å². The number of carbonyl (C=O) groups is 1. The zero-order valence-corrected chi connectivity index (χ0v) is 18.6. The Hall–Kier alpha value is -3.41. The van der Waals surface area contributed by atoms with Crippen molar-refractivity contribution in [2.45, 2.75) is 19.6 Å². The number of carbonyl (C=O) groups excluding carboxylic acids is 1. The van der Waals surface area contributed by atoms with Gasteiger partial charge in [0, 0.05) is 55.7 Å². The second kappa shape index (κ2) is 8.85. The van der Waals surface area contributed by atoms with Crippen LogP contribution in [0.3, 0.4) is 0 Å². The van der Waals surface area contributed by atoms with Gasteiger partial charge in [0.2, 0.25) is 5.91 Å². The zero-order chi connectivity index (χ0) is 22.9. The van der Waals surface area contributed by atoms with Crippen LogP contribution in [0.4, 0.5) is 0 Å². The summed E-state index contributed by atoms with van der Waals surface area (Å²) in [5.41, 5.74) is 2.64. The van der Waals surface area contributed by atoms with Gasteiger partial charge in [-0.05, 0) is 43.0 Å². The number of amides is 1. The number of aromatic nitrogens is 3. The summed E-state index contributed by atoms with van der Waals surface area (Å²) in [7, 11) is 1.55. The van der Waals surface area contributed by atoms with Crippen molar-refractivity contribution in [3.05, 3.63) is 59.8 Å². The predicted molar refractivity (Wildman–Crippen MR) is 120 cm³/mol. The van der Waals surface area contributed by atoms with Crippen LogP contribution >= 0.6 is 0 Å². The predicted octanol–water partition coefficient (Wildman–Crippen LogP) is 2.34. The maximum absolute atomic E-state index is 11.9. The highest BCUT2D eigenvalue weighted by atomic mass is 16.5. The summed E-state index contributed by atoms with van der Waals surface area (Å²) in [5, 5.41) is 14.0. The normalized spacial score (nSPS) is 21.9. The molecule has 8 heteroatoms. The molecule has 2 aliphatic rings. The molecule has 0 bridgehead atoms. The zero-order valence-electron chi connectivity index (χ0n) is 18.6. The molecule has 8 nitrogen and oxygen atoms in total. The fraction of sp³-hybridized carbons (Fsp3) is 0.400. The van der Waals surface area contributed by atoms with E-state index in [0.717, 1.165) is 29.9 Å². The van der Waals surface area contributed by atoms with E-state index in [9.17, 15) is 9.90 Å². The van der Waals surface area contributed by atoms with Crippen LogP contribution in [0.5, 0.6) is 0 Å². The molecule has 1 aromatic carbocycles. The number of ether oxygens (including phenoxy) is 1. The average Bonchev–Trinajstić information content (AvgIpc) is 3.30. The highest BCUT2D eigenvalue weighted by molar-refractivity contribution is 5.78. The van der Waals surface area contributed by atoms with Gasteiger partial charge in [0.25, 0.3) is 0 Å². The number of methoxy groups -OCH3 is 1. The number of fused-ring (bicyclic) bond motifs is 1. The molecule has 2 fully saturated rings. The molecule has 1 aliphatic heterocycles. The SMILES string of the molecule is COCC(=O)N1C[C@@H]2C(C#Cc3ccc(-c4cc(Cn5ccnc5[C@H](C)O)no4)cc3)[C@@H]2C1. The van der Waals surface area contributed by atoms with Crippen LogP contribution in [-0.2, 0) is 16.1 Å². The second-order valence-electron chi connectivity index (χ2n) is 8.70. The lowest BCUT2D eigenvalue weighted by molar-refractivity contribution is -0.134. The molecule has 1 saturated heterocycles. The Morgan fingerprint density at radius 2 is 2.06 bits per heavy atom. The monoisotopic (exact) mass is 446 g/mol. The van der Waals surface area contributed by atoms with Crippen molar-refractivity contribution in [1.29, 1.82) is 0 Å². The molecule has 1 N–H and O–H groups in total. The third-order valence-corrected chi connectivity index (χ3v) is 6.38. The van der Waals surface area contributed by atoms with Crippen LogP contribution in [0, 0.1) is 29.6 Å². The molecular formula is C25H26N4O4. The van der Waals surface area contributed by atoms with Gasteiger partial charge in [0.05, 0.1) is 6.54 Å². The molecule has 0 spiro atoms. The molecule has 1 saturated carbocycles. The van der Waals surface area contributed by atoms with Gasteiger partial charge in [0.15, 0.2) is 5.76 Å². The minimum Gasteiger partial charge on any atom is -0.385 e. The van der Waals surface area contributed by atoms with Crippen molar-refractivity contribution in [2.24, 2.45) is 17.8 Å². The smallest absolute Gasteiger partial charge is 0.248 e. The minimum absolute atomic E-state index is 0.0657. The van der Waals surface area contributed by atoms with Crippen molar-refractivity contribution in [3.63, 3.8) is 0 Å². The van der Waals surface area contributed by atoms with Crippen molar-refractivity contribution in [2.75, 3.05) is 26.8 Å². The molecule has 33 heavy (non-hydrogen) atoms. The maximum Gasteiger partial charge on any atom is 0.248 e. The highest BCUT2D eigenvalue weighted by Crippen LogP contribution is 2.51. The molecule has 3 heterocycles. The second-order valence-corrected chi connectivity index (χ2v) is 8.70. The maximum atomic E-state index is 11.9. The Morgan fingerprint density at radius 1 is 1.30 bits per heavy atom. The van der Waals surface area contributed by atoms with E-state index < -0.39 is 6.10 Å². The van der Waals surface area contributed by atoms with Crippen molar-refractivity contribution in [3.8, 4) is 23.2 Å². The van der Waals surface area contributed by atoms with E-state index in [1.165, 1.54) is 0 Å². The van der Waals surface area contributed by atoms with E-state index in [4.69, 9.17) is 9.26 Å². The number of piperidine rings is 1. The number of likely N-dealkylation sites (tertiary alicyclic amines) is 1. The van der Waals surface area contributed by atoms with E-state index in [2.05, 4.69) is 22.0 Å². The Bertz CT molecular complexity index is 1190. The lowest BCUT2D eigenvalue weighted by Crippen LogP contribution is -2.34. The lowest BCUT2D eigenvalue weighted by atomic mass is 10.1. The quantitative estimate of drug-likeness (QED) is 0.584. The van der Waals surface area contributed by atoms with Crippen molar-refractivity contribution in [1.82, 2.24) is 19.6 Å². The number of nitrogens with zero attached hydrogens (tertiary/aromatic N) is 4. The summed E-state index contributed by atoms with van der Waals surface area (Å²) >= 11 is 0. The fourth-order valence-electron chi connectivity index (χ4n) is 4.56. The molecule has 1 aliphatic carbocycles. The third kappa shape index (κ3) is 4.42. The molecule has 3 aromatic rings. The van der Waals surface area contributed by atoms with E-state index in [0.29, 0.717) is 35.9 Å². The van der Waals surface area contributed by atoms with Crippen LogP contribution in [-0.4, -0.2) is 57.4 Å². The molecule has 4 atom stereocenters. The van der Waals surface area contributed by atoms with E-state index in [-0.39, 0.29) is 12.5 Å². The lowest BCUT2D eigenvalue weighted by Gasteiger charge is -2.18. The first kappa shape index (κ1) is 21.4. The van der Waals surface area contributed by atoms with E-state index in [1.54, 1.807) is 20.2 Å². The number of hydrogen-bond acceptors (Lipinski definition) is 6. The van der Waals surface area contributed by atoms with Gasteiger partial charge >= 0.3 is 0 Å². The first-order valence-corrected chi connectivity index (χ1v) is 11.1. The van der Waals surface area contributed by atoms with Gasteiger partial charge in [-0.3, -0.25) is 4.79 Å². The van der Waals surface area contributed by atoms with Crippen LogP contribution in [0.1, 0.15) is 30.1 Å². The van der Waals surface area contributed by atoms with Crippen molar-refractivity contribution >= 4 is 5.91 Å². The minimum atomic E-state index is -0.646. The number of imidazole rings is 1. The fourth-order valence-corrected chi connectivity index (χ4v) is 4.56. The number of benzene rings is 1. The third-order valence-electron chi connectivity index (χ3n) is 6.38. The van der Waals surface area contributed by atoms with Gasteiger partial charge in [-0.15, -0.1) is 0 Å². The standard InChI is InChI=1S/C25H26N4O4/c1-16(30)25-26-9-10-28(25)12-19-11-23(33-27-19)18-6-3-17(4-7-18)5-8-20-21-13-29(14-22(20)21)24(31)15-32-2/h3-4,6-7,9-11,16,20-22,30H,12-15H2,1-2H3/t16-,20?,21-,22+/m0/s1. The Morgan fingerprint density at radius 3 is 2.76 bits per heavy atom. The number of hydrogen-bond donors (Lipinski definition) is 1. The Labute approximate surface area is 192 Å².